The van der Waals surface area contributed by atoms with E-state index in [2.05, 4.69) is 13.8 Å². The van der Waals surface area contributed by atoms with Crippen LogP contribution in [0.3, 0.4) is 0 Å². The standard InChI is InChI=1S/C25H36O6/c1-14(26)18-7-8-19-17-6-5-16-11-25(29-9-10-30-25)13-21(28)24(16,4)22(17)20(31-15(2)27)12-23(18,19)3/h16-20,22H,5-13H2,1-4H3/t16?,17?,18?,19?,20?,22?,23-,24-/m1/s1. The summed E-state index contributed by atoms with van der Waals surface area (Å²) in [6.07, 6.45) is 5.29. The largest absolute Gasteiger partial charge is 0.462 e. The molecule has 0 aromatic rings. The molecule has 5 fully saturated rings. The van der Waals surface area contributed by atoms with Crippen LogP contribution in [0, 0.1) is 40.4 Å². The predicted octanol–water partition coefficient (Wildman–Crippen LogP) is 3.70. The Labute approximate surface area is 184 Å². The molecule has 0 amide bonds. The molecule has 31 heavy (non-hydrogen) atoms. The Hall–Kier alpha value is -1.27. The van der Waals surface area contributed by atoms with Gasteiger partial charge in [0.2, 0.25) is 0 Å². The van der Waals surface area contributed by atoms with Gasteiger partial charge in [-0.25, -0.2) is 0 Å². The zero-order valence-electron chi connectivity index (χ0n) is 19.3. The van der Waals surface area contributed by atoms with Gasteiger partial charge in [-0.3, -0.25) is 14.4 Å². The smallest absolute Gasteiger partial charge is 0.302 e. The molecule has 4 saturated carbocycles. The molecule has 4 aliphatic carbocycles. The molecule has 6 unspecified atom stereocenters. The third-order valence-corrected chi connectivity index (χ3v) is 10.0. The van der Waals surface area contributed by atoms with Gasteiger partial charge >= 0.3 is 5.97 Å². The number of rotatable bonds is 2. The third kappa shape index (κ3) is 3.00. The number of ketones is 2. The van der Waals surface area contributed by atoms with E-state index in [9.17, 15) is 14.4 Å². The van der Waals surface area contributed by atoms with E-state index in [0.717, 1.165) is 32.1 Å². The average molecular weight is 433 g/mol. The first kappa shape index (κ1) is 21.6. The maximum Gasteiger partial charge on any atom is 0.302 e. The highest BCUT2D eigenvalue weighted by molar-refractivity contribution is 5.87. The lowest BCUT2D eigenvalue weighted by atomic mass is 9.43. The molecule has 5 aliphatic rings. The molecule has 1 saturated heterocycles. The van der Waals surface area contributed by atoms with Crippen molar-refractivity contribution in [3.63, 3.8) is 0 Å². The lowest BCUT2D eigenvalue weighted by Gasteiger charge is -2.62. The molecule has 0 N–H and O–H groups in total. The van der Waals surface area contributed by atoms with Crippen molar-refractivity contribution in [3.05, 3.63) is 0 Å². The van der Waals surface area contributed by atoms with Gasteiger partial charge in [-0.05, 0) is 62.2 Å². The lowest BCUT2D eigenvalue weighted by molar-refractivity contribution is -0.234. The summed E-state index contributed by atoms with van der Waals surface area (Å²) in [7, 11) is 0. The quantitative estimate of drug-likeness (QED) is 0.619. The third-order valence-electron chi connectivity index (χ3n) is 10.0. The van der Waals surface area contributed by atoms with Crippen molar-refractivity contribution >= 4 is 17.5 Å². The van der Waals surface area contributed by atoms with Crippen molar-refractivity contribution in [2.24, 2.45) is 40.4 Å². The number of Topliss-reactive ketones (excluding diaryl/α,β-unsaturated/α-hetero) is 2. The van der Waals surface area contributed by atoms with Crippen molar-refractivity contribution < 1.29 is 28.6 Å². The normalized spacial score (nSPS) is 48.1. The van der Waals surface area contributed by atoms with Gasteiger partial charge < -0.3 is 14.2 Å². The van der Waals surface area contributed by atoms with Gasteiger partial charge in [0, 0.05) is 30.6 Å². The van der Waals surface area contributed by atoms with Crippen molar-refractivity contribution in [3.8, 4) is 0 Å². The Kier molecular flexibility index (Phi) is 4.95. The van der Waals surface area contributed by atoms with Gasteiger partial charge in [0.25, 0.3) is 0 Å². The Morgan fingerprint density at radius 2 is 1.71 bits per heavy atom. The van der Waals surface area contributed by atoms with E-state index in [0.29, 0.717) is 31.5 Å². The summed E-state index contributed by atoms with van der Waals surface area (Å²) in [6.45, 7) is 8.61. The number of carbonyl (C=O) groups excluding carboxylic acids is 3. The predicted molar refractivity (Wildman–Crippen MR) is 112 cm³/mol. The second-order valence-electron chi connectivity index (χ2n) is 11.4. The molecule has 1 aliphatic heterocycles. The first-order valence-electron chi connectivity index (χ1n) is 12.1. The molecule has 1 heterocycles. The van der Waals surface area contributed by atoms with Crippen LogP contribution >= 0.6 is 0 Å². The zero-order chi connectivity index (χ0) is 22.2. The summed E-state index contributed by atoms with van der Waals surface area (Å²) in [4.78, 5) is 38.4. The van der Waals surface area contributed by atoms with E-state index in [1.165, 1.54) is 6.92 Å². The molecule has 1 spiro atoms. The van der Waals surface area contributed by atoms with Crippen molar-refractivity contribution in [1.29, 1.82) is 0 Å². The second kappa shape index (κ2) is 7.11. The van der Waals surface area contributed by atoms with Crippen molar-refractivity contribution in [2.75, 3.05) is 13.2 Å². The van der Waals surface area contributed by atoms with Crippen LogP contribution < -0.4 is 0 Å². The lowest BCUT2D eigenvalue weighted by Crippen LogP contribution is -2.64. The molecule has 6 nitrogen and oxygen atoms in total. The van der Waals surface area contributed by atoms with Gasteiger partial charge in [-0.2, -0.15) is 0 Å². The molecule has 0 bridgehead atoms. The SMILES string of the molecule is CC(=O)OC1C[C@]2(C)C(C(C)=O)CCC2C2CCC3CC4(CC(=O)[C@]3(C)C12)OCCO4. The fourth-order valence-corrected chi connectivity index (χ4v) is 8.85. The summed E-state index contributed by atoms with van der Waals surface area (Å²) in [5, 5.41) is 0. The number of esters is 1. The van der Waals surface area contributed by atoms with Gasteiger partial charge in [0.05, 0.1) is 19.6 Å². The minimum absolute atomic E-state index is 0.00480. The fourth-order valence-electron chi connectivity index (χ4n) is 8.85. The van der Waals surface area contributed by atoms with Gasteiger partial charge in [-0.1, -0.05) is 13.8 Å². The van der Waals surface area contributed by atoms with Crippen LogP contribution in [0.15, 0.2) is 0 Å². The summed E-state index contributed by atoms with van der Waals surface area (Å²) in [5.74, 6) is 0.296. The molecule has 0 radical (unpaired) electrons. The maximum absolute atomic E-state index is 13.8. The zero-order valence-corrected chi connectivity index (χ0v) is 19.3. The van der Waals surface area contributed by atoms with E-state index in [1.807, 2.05) is 0 Å². The van der Waals surface area contributed by atoms with Crippen LogP contribution in [0.25, 0.3) is 0 Å². The van der Waals surface area contributed by atoms with Crippen LogP contribution in [0.1, 0.15) is 72.6 Å². The van der Waals surface area contributed by atoms with E-state index >= 15 is 0 Å². The molecule has 6 heteroatoms. The van der Waals surface area contributed by atoms with E-state index < -0.39 is 11.2 Å². The van der Waals surface area contributed by atoms with Gasteiger partial charge in [0.1, 0.15) is 17.7 Å². The molecule has 0 aromatic heterocycles. The van der Waals surface area contributed by atoms with Crippen LogP contribution in [0.2, 0.25) is 0 Å². The number of hydrogen-bond acceptors (Lipinski definition) is 6. The highest BCUT2D eigenvalue weighted by Gasteiger charge is 2.68. The molecule has 5 rings (SSSR count). The first-order valence-corrected chi connectivity index (χ1v) is 12.1. The molecular formula is C25H36O6. The summed E-state index contributed by atoms with van der Waals surface area (Å²) >= 11 is 0. The van der Waals surface area contributed by atoms with Crippen molar-refractivity contribution in [2.45, 2.75) is 84.5 Å². The van der Waals surface area contributed by atoms with Crippen LogP contribution in [-0.2, 0) is 28.6 Å². The highest BCUT2D eigenvalue weighted by Crippen LogP contribution is 2.68. The second-order valence-corrected chi connectivity index (χ2v) is 11.4. The number of hydrogen-bond donors (Lipinski definition) is 0. The summed E-state index contributed by atoms with van der Waals surface area (Å²) in [5.41, 5.74) is -0.702. The monoisotopic (exact) mass is 432 g/mol. The maximum atomic E-state index is 13.8. The van der Waals surface area contributed by atoms with E-state index in [4.69, 9.17) is 14.2 Å². The molecule has 8 atom stereocenters. The summed E-state index contributed by atoms with van der Waals surface area (Å²) < 4.78 is 17.8. The fraction of sp³-hybridized carbons (Fsp3) is 0.880. The molecule has 172 valence electrons. The van der Waals surface area contributed by atoms with E-state index in [-0.39, 0.29) is 53.2 Å². The van der Waals surface area contributed by atoms with Gasteiger partial charge in [-0.15, -0.1) is 0 Å². The summed E-state index contributed by atoms with van der Waals surface area (Å²) in [6, 6.07) is 0. The Balaban J connectivity index is 1.53. The van der Waals surface area contributed by atoms with Crippen molar-refractivity contribution in [1.82, 2.24) is 0 Å². The Morgan fingerprint density at radius 3 is 2.35 bits per heavy atom. The van der Waals surface area contributed by atoms with E-state index in [1.54, 1.807) is 6.92 Å². The minimum Gasteiger partial charge on any atom is -0.462 e. The van der Waals surface area contributed by atoms with Gasteiger partial charge in [0.15, 0.2) is 5.79 Å². The number of ether oxygens (including phenoxy) is 3. The highest BCUT2D eigenvalue weighted by atomic mass is 16.7. The first-order chi connectivity index (χ1) is 14.6. The molecule has 0 aromatic carbocycles. The van der Waals surface area contributed by atoms with Crippen LogP contribution in [-0.4, -0.2) is 42.6 Å². The number of fused-ring (bicyclic) bond motifs is 5. The van der Waals surface area contributed by atoms with Crippen LogP contribution in [0.4, 0.5) is 0 Å². The molecular weight excluding hydrogens is 396 g/mol. The topological polar surface area (TPSA) is 78.9 Å². The average Bonchev–Trinajstić information content (AvgIpc) is 3.26. The Morgan fingerprint density at radius 1 is 1.00 bits per heavy atom. The minimum atomic E-state index is -0.749. The van der Waals surface area contributed by atoms with Crippen LogP contribution in [0.5, 0.6) is 0 Å². The Bertz CT molecular complexity index is 800. The number of carbonyl (C=O) groups is 3.